The minimum Gasteiger partial charge on any atom is -0.359 e. The first-order chi connectivity index (χ1) is 15.6. The zero-order chi connectivity index (χ0) is 22.5. The highest BCUT2D eigenvalue weighted by Gasteiger charge is 2.27. The maximum Gasteiger partial charge on any atom is 0.233 e. The molecular weight excluding hydrogens is 429 g/mol. The van der Waals surface area contributed by atoms with E-state index in [4.69, 9.17) is 0 Å². The predicted octanol–water partition coefficient (Wildman–Crippen LogP) is 3.15. The number of nitrogens with one attached hydrogen (secondary N) is 1. The molecule has 1 saturated heterocycles. The van der Waals surface area contributed by atoms with Crippen LogP contribution in [0.2, 0.25) is 0 Å². The number of aromatic nitrogens is 3. The number of rotatable bonds is 6. The van der Waals surface area contributed by atoms with Crippen LogP contribution in [0.15, 0.2) is 59.8 Å². The second kappa shape index (κ2) is 9.95. The van der Waals surface area contributed by atoms with E-state index in [9.17, 15) is 14.0 Å². The minimum absolute atomic E-state index is 0.0135. The molecule has 3 aromatic rings. The number of nitrogens with zero attached hydrogens (tertiary/aromatic N) is 4. The van der Waals surface area contributed by atoms with Crippen molar-refractivity contribution in [2.45, 2.75) is 18.0 Å². The van der Waals surface area contributed by atoms with E-state index in [1.165, 1.54) is 17.8 Å². The van der Waals surface area contributed by atoms with E-state index in [0.717, 1.165) is 5.69 Å². The number of amides is 2. The first kappa shape index (κ1) is 22.0. The van der Waals surface area contributed by atoms with Gasteiger partial charge >= 0.3 is 0 Å². The second-order valence-corrected chi connectivity index (χ2v) is 8.46. The van der Waals surface area contributed by atoms with E-state index in [-0.39, 0.29) is 29.3 Å². The lowest BCUT2D eigenvalue weighted by Crippen LogP contribution is -2.43. The normalized spacial score (nSPS) is 14.4. The molecule has 0 unspecified atom stereocenters. The van der Waals surface area contributed by atoms with Crippen molar-refractivity contribution in [1.82, 2.24) is 25.0 Å². The average molecular weight is 454 g/mol. The van der Waals surface area contributed by atoms with Crippen LogP contribution in [0.4, 0.5) is 4.39 Å². The molecule has 1 aliphatic rings. The molecule has 2 amide bonds. The topological polar surface area (TPSA) is 80.1 Å². The quantitative estimate of drug-likeness (QED) is 0.580. The number of halogens is 1. The summed E-state index contributed by atoms with van der Waals surface area (Å²) in [6, 6.07) is 15.9. The van der Waals surface area contributed by atoms with E-state index in [1.807, 2.05) is 30.3 Å². The van der Waals surface area contributed by atoms with Crippen LogP contribution in [0, 0.1) is 11.7 Å². The Hall–Kier alpha value is -3.20. The standard InChI is InChI=1S/C23H24FN5O2S/c1-25-22(31)16-11-13-28(14-12-16)20(30)15-32-23-27-26-21(18-9-5-6-10-19(18)24)29(23)17-7-3-2-4-8-17/h2-10,16H,11-15H2,1H3,(H,25,31). The van der Waals surface area contributed by atoms with Crippen LogP contribution in [0.5, 0.6) is 0 Å². The molecule has 9 heteroatoms. The molecule has 0 aliphatic carbocycles. The molecule has 7 nitrogen and oxygen atoms in total. The van der Waals surface area contributed by atoms with Gasteiger partial charge in [-0.25, -0.2) is 4.39 Å². The largest absolute Gasteiger partial charge is 0.359 e. The number of carbonyl (C=O) groups is 2. The summed E-state index contributed by atoms with van der Waals surface area (Å²) < 4.78 is 16.2. The smallest absolute Gasteiger partial charge is 0.233 e. The zero-order valence-corrected chi connectivity index (χ0v) is 18.5. The number of para-hydroxylation sites is 1. The summed E-state index contributed by atoms with van der Waals surface area (Å²) in [5.74, 6) is 0.163. The van der Waals surface area contributed by atoms with Crippen LogP contribution in [-0.4, -0.2) is 57.4 Å². The Bertz CT molecular complexity index is 1100. The van der Waals surface area contributed by atoms with Crippen LogP contribution in [0.3, 0.4) is 0 Å². The van der Waals surface area contributed by atoms with E-state index in [0.29, 0.717) is 42.5 Å². The summed E-state index contributed by atoms with van der Waals surface area (Å²) in [6.45, 7) is 1.12. The highest BCUT2D eigenvalue weighted by Crippen LogP contribution is 2.29. The second-order valence-electron chi connectivity index (χ2n) is 7.51. The molecule has 2 aromatic carbocycles. The van der Waals surface area contributed by atoms with Crippen molar-refractivity contribution >= 4 is 23.6 Å². The molecule has 4 rings (SSSR count). The molecule has 1 aliphatic heterocycles. The molecule has 2 heterocycles. The number of piperidine rings is 1. The van der Waals surface area contributed by atoms with E-state index < -0.39 is 0 Å². The maximum atomic E-state index is 14.5. The van der Waals surface area contributed by atoms with E-state index in [2.05, 4.69) is 15.5 Å². The Kier molecular flexibility index (Phi) is 6.84. The lowest BCUT2D eigenvalue weighted by Gasteiger charge is -2.31. The highest BCUT2D eigenvalue weighted by atomic mass is 32.2. The lowest BCUT2D eigenvalue weighted by atomic mass is 9.96. The Morgan fingerprint density at radius 3 is 2.44 bits per heavy atom. The van der Waals surface area contributed by atoms with Gasteiger partial charge in [0.05, 0.1) is 11.3 Å². The molecule has 0 radical (unpaired) electrons. The van der Waals surface area contributed by atoms with Crippen molar-refractivity contribution in [3.63, 3.8) is 0 Å². The van der Waals surface area contributed by atoms with Crippen molar-refractivity contribution in [3.8, 4) is 17.1 Å². The highest BCUT2D eigenvalue weighted by molar-refractivity contribution is 7.99. The van der Waals surface area contributed by atoms with Gasteiger partial charge in [0, 0.05) is 31.7 Å². The SMILES string of the molecule is CNC(=O)C1CCN(C(=O)CSc2nnc(-c3ccccc3F)n2-c2ccccc2)CC1. The van der Waals surface area contributed by atoms with Gasteiger partial charge in [0.2, 0.25) is 11.8 Å². The predicted molar refractivity (Wildman–Crippen MR) is 121 cm³/mol. The third-order valence-corrected chi connectivity index (χ3v) is 6.47. The fourth-order valence-corrected chi connectivity index (χ4v) is 4.66. The molecule has 1 aromatic heterocycles. The Morgan fingerprint density at radius 1 is 1.06 bits per heavy atom. The van der Waals surface area contributed by atoms with Crippen LogP contribution in [0.25, 0.3) is 17.1 Å². The molecule has 0 spiro atoms. The fraction of sp³-hybridized carbons (Fsp3) is 0.304. The van der Waals surface area contributed by atoms with Gasteiger partial charge in [0.25, 0.3) is 0 Å². The van der Waals surface area contributed by atoms with Crippen LogP contribution in [0.1, 0.15) is 12.8 Å². The number of thioether (sulfide) groups is 1. The Labute approximate surface area is 190 Å². The first-order valence-electron chi connectivity index (χ1n) is 10.5. The zero-order valence-electron chi connectivity index (χ0n) is 17.7. The Balaban J connectivity index is 1.51. The number of likely N-dealkylation sites (tertiary alicyclic amines) is 1. The molecular formula is C23H24FN5O2S. The van der Waals surface area contributed by atoms with Gasteiger partial charge in [-0.05, 0) is 37.1 Å². The number of hydrogen-bond donors (Lipinski definition) is 1. The van der Waals surface area contributed by atoms with Gasteiger partial charge in [-0.3, -0.25) is 14.2 Å². The fourth-order valence-electron chi connectivity index (χ4n) is 3.80. The molecule has 32 heavy (non-hydrogen) atoms. The molecule has 1 N–H and O–H groups in total. The summed E-state index contributed by atoms with van der Waals surface area (Å²) in [5, 5.41) is 11.7. The molecule has 0 atom stereocenters. The maximum absolute atomic E-state index is 14.5. The van der Waals surface area contributed by atoms with Crippen molar-refractivity contribution in [2.75, 3.05) is 25.9 Å². The molecule has 1 fully saturated rings. The van der Waals surface area contributed by atoms with E-state index >= 15 is 0 Å². The van der Waals surface area contributed by atoms with Crippen molar-refractivity contribution in [1.29, 1.82) is 0 Å². The van der Waals surface area contributed by atoms with Crippen molar-refractivity contribution in [3.05, 3.63) is 60.4 Å². The summed E-state index contributed by atoms with van der Waals surface area (Å²) in [7, 11) is 1.63. The molecule has 0 saturated carbocycles. The van der Waals surface area contributed by atoms with Crippen LogP contribution < -0.4 is 5.32 Å². The monoisotopic (exact) mass is 453 g/mol. The number of hydrogen-bond acceptors (Lipinski definition) is 5. The third kappa shape index (κ3) is 4.67. The van der Waals surface area contributed by atoms with Gasteiger partial charge in [-0.15, -0.1) is 10.2 Å². The number of benzene rings is 2. The molecule has 166 valence electrons. The third-order valence-electron chi connectivity index (χ3n) is 5.55. The first-order valence-corrected chi connectivity index (χ1v) is 11.4. The minimum atomic E-state index is -0.385. The van der Waals surface area contributed by atoms with Gasteiger partial charge < -0.3 is 10.2 Å². The summed E-state index contributed by atoms with van der Waals surface area (Å²) in [4.78, 5) is 26.4. The lowest BCUT2D eigenvalue weighted by molar-refractivity contribution is -0.133. The van der Waals surface area contributed by atoms with Crippen molar-refractivity contribution in [2.24, 2.45) is 5.92 Å². The van der Waals surface area contributed by atoms with Gasteiger partial charge in [-0.1, -0.05) is 42.1 Å². The summed E-state index contributed by atoms with van der Waals surface area (Å²) in [5.41, 5.74) is 1.13. The summed E-state index contributed by atoms with van der Waals surface area (Å²) >= 11 is 1.27. The van der Waals surface area contributed by atoms with Crippen LogP contribution in [-0.2, 0) is 9.59 Å². The van der Waals surface area contributed by atoms with Gasteiger partial charge in [-0.2, -0.15) is 0 Å². The van der Waals surface area contributed by atoms with Gasteiger partial charge in [0.15, 0.2) is 11.0 Å². The van der Waals surface area contributed by atoms with Crippen LogP contribution >= 0.6 is 11.8 Å². The van der Waals surface area contributed by atoms with Crippen molar-refractivity contribution < 1.29 is 14.0 Å². The summed E-state index contributed by atoms with van der Waals surface area (Å²) in [6.07, 6.45) is 1.32. The van der Waals surface area contributed by atoms with Gasteiger partial charge in [0.1, 0.15) is 5.82 Å². The molecule has 0 bridgehead atoms. The number of carbonyl (C=O) groups excluding carboxylic acids is 2. The van der Waals surface area contributed by atoms with E-state index in [1.54, 1.807) is 34.7 Å². The Morgan fingerprint density at radius 2 is 1.75 bits per heavy atom. The average Bonchev–Trinajstić information content (AvgIpc) is 3.26.